The number of rotatable bonds is 8. The number of nitrogens with one attached hydrogen (secondary N) is 1. The Kier molecular flexibility index (Phi) is 7.21. The second-order valence-corrected chi connectivity index (χ2v) is 6.85. The molecule has 2 nitrogen and oxygen atoms in total. The third-order valence-corrected chi connectivity index (χ3v) is 4.78. The molecule has 0 aliphatic heterocycles. The van der Waals surface area contributed by atoms with E-state index >= 15 is 0 Å². The van der Waals surface area contributed by atoms with Crippen LogP contribution in [0.2, 0.25) is 0 Å². The van der Waals surface area contributed by atoms with Gasteiger partial charge in [-0.15, -0.1) is 11.8 Å². The predicted octanol–water partition coefficient (Wildman–Crippen LogP) is 4.29. The summed E-state index contributed by atoms with van der Waals surface area (Å²) in [6.07, 6.45) is 2.00. The number of aryl methyl sites for hydroxylation is 3. The normalized spacial score (nSPS) is 10.5. The molecule has 0 aromatic heterocycles. The summed E-state index contributed by atoms with van der Waals surface area (Å²) in [6.45, 7) is 4.97. The molecule has 0 unspecified atom stereocenters. The van der Waals surface area contributed by atoms with Gasteiger partial charge < -0.3 is 5.32 Å². The molecule has 2 aromatic carbocycles. The van der Waals surface area contributed by atoms with Crippen molar-refractivity contribution in [1.82, 2.24) is 5.32 Å². The fraction of sp³-hybridized carbons (Fsp3) is 0.350. The van der Waals surface area contributed by atoms with Crippen molar-refractivity contribution >= 4 is 17.7 Å². The van der Waals surface area contributed by atoms with E-state index in [2.05, 4.69) is 55.6 Å². The topological polar surface area (TPSA) is 29.1 Å². The van der Waals surface area contributed by atoms with Crippen molar-refractivity contribution in [1.29, 1.82) is 0 Å². The maximum absolute atomic E-state index is 11.9. The Bertz CT molecular complexity index is 639. The fourth-order valence-corrected chi connectivity index (χ4v) is 3.40. The maximum Gasteiger partial charge on any atom is 0.230 e. The van der Waals surface area contributed by atoms with Crippen LogP contribution in [0.3, 0.4) is 0 Å². The minimum absolute atomic E-state index is 0.132. The van der Waals surface area contributed by atoms with Gasteiger partial charge in [-0.2, -0.15) is 0 Å². The highest BCUT2D eigenvalue weighted by Gasteiger charge is 2.03. The van der Waals surface area contributed by atoms with Gasteiger partial charge in [-0.1, -0.05) is 54.1 Å². The molecule has 0 fully saturated rings. The Labute approximate surface area is 143 Å². The van der Waals surface area contributed by atoms with Crippen LogP contribution in [0.25, 0.3) is 0 Å². The summed E-state index contributed by atoms with van der Waals surface area (Å²) in [5.74, 6) is 1.55. The van der Waals surface area contributed by atoms with Crippen LogP contribution in [0.15, 0.2) is 48.5 Å². The van der Waals surface area contributed by atoms with Crippen LogP contribution in [0.1, 0.15) is 28.7 Å². The van der Waals surface area contributed by atoms with E-state index in [1.807, 2.05) is 12.1 Å². The van der Waals surface area contributed by atoms with E-state index in [1.54, 1.807) is 11.8 Å². The summed E-state index contributed by atoms with van der Waals surface area (Å²) in [6, 6.07) is 16.9. The molecule has 0 atom stereocenters. The molecular formula is C20H25NOS. The molecule has 2 rings (SSSR count). The molecule has 3 heteroatoms. The van der Waals surface area contributed by atoms with Crippen LogP contribution < -0.4 is 5.32 Å². The van der Waals surface area contributed by atoms with Crippen LogP contribution in [0, 0.1) is 13.8 Å². The van der Waals surface area contributed by atoms with Crippen molar-refractivity contribution in [2.75, 3.05) is 12.3 Å². The summed E-state index contributed by atoms with van der Waals surface area (Å²) in [4.78, 5) is 11.9. The van der Waals surface area contributed by atoms with Crippen LogP contribution >= 0.6 is 11.8 Å². The van der Waals surface area contributed by atoms with Gasteiger partial charge in [-0.25, -0.2) is 0 Å². The summed E-state index contributed by atoms with van der Waals surface area (Å²) in [7, 11) is 0. The van der Waals surface area contributed by atoms with E-state index in [-0.39, 0.29) is 5.91 Å². The van der Waals surface area contributed by atoms with Gasteiger partial charge in [0.05, 0.1) is 5.75 Å². The lowest BCUT2D eigenvalue weighted by atomic mass is 10.1. The highest BCUT2D eigenvalue weighted by atomic mass is 32.2. The second-order valence-electron chi connectivity index (χ2n) is 5.86. The van der Waals surface area contributed by atoms with Crippen LogP contribution in [-0.4, -0.2) is 18.2 Å². The van der Waals surface area contributed by atoms with Crippen LogP contribution in [-0.2, 0) is 17.0 Å². The van der Waals surface area contributed by atoms with Gasteiger partial charge in [0.1, 0.15) is 0 Å². The first-order valence-electron chi connectivity index (χ1n) is 8.09. The quantitative estimate of drug-likeness (QED) is 0.733. The van der Waals surface area contributed by atoms with Crippen LogP contribution in [0.5, 0.6) is 0 Å². The molecule has 0 bridgehead atoms. The predicted molar refractivity (Wildman–Crippen MR) is 99.9 cm³/mol. The van der Waals surface area contributed by atoms with Crippen LogP contribution in [0.4, 0.5) is 0 Å². The Balaban J connectivity index is 1.59. The van der Waals surface area contributed by atoms with E-state index < -0.39 is 0 Å². The third-order valence-electron chi connectivity index (χ3n) is 3.80. The van der Waals surface area contributed by atoms with Gasteiger partial charge in [-0.05, 0) is 43.4 Å². The number of thioether (sulfide) groups is 1. The van der Waals surface area contributed by atoms with Gasteiger partial charge in [0.25, 0.3) is 0 Å². The van der Waals surface area contributed by atoms with Gasteiger partial charge in [0, 0.05) is 12.3 Å². The van der Waals surface area contributed by atoms with Gasteiger partial charge in [-0.3, -0.25) is 4.79 Å². The first kappa shape index (κ1) is 17.6. The Morgan fingerprint density at radius 3 is 2.70 bits per heavy atom. The number of carbonyl (C=O) groups excluding carboxylic acids is 1. The molecule has 0 spiro atoms. The molecule has 1 N–H and O–H groups in total. The molecule has 0 saturated heterocycles. The maximum atomic E-state index is 11.9. The second kappa shape index (κ2) is 9.41. The Morgan fingerprint density at radius 2 is 1.91 bits per heavy atom. The Morgan fingerprint density at radius 1 is 1.09 bits per heavy atom. The summed E-state index contributed by atoms with van der Waals surface area (Å²) in [5.41, 5.74) is 5.23. The first-order chi connectivity index (χ1) is 11.1. The molecule has 0 heterocycles. The van der Waals surface area contributed by atoms with E-state index in [4.69, 9.17) is 0 Å². The van der Waals surface area contributed by atoms with E-state index in [9.17, 15) is 4.79 Å². The summed E-state index contributed by atoms with van der Waals surface area (Å²) in [5, 5.41) is 3.01. The number of hydrogen-bond donors (Lipinski definition) is 1. The summed E-state index contributed by atoms with van der Waals surface area (Å²) < 4.78 is 0. The molecule has 0 aliphatic rings. The lowest BCUT2D eigenvalue weighted by Gasteiger charge is -2.07. The fourth-order valence-electron chi connectivity index (χ4n) is 2.46. The molecule has 0 saturated carbocycles. The van der Waals surface area contributed by atoms with Crippen molar-refractivity contribution in [3.05, 3.63) is 70.8 Å². The van der Waals surface area contributed by atoms with E-state index in [1.165, 1.54) is 22.3 Å². The smallest absolute Gasteiger partial charge is 0.230 e. The summed E-state index contributed by atoms with van der Waals surface area (Å²) >= 11 is 1.67. The highest BCUT2D eigenvalue weighted by molar-refractivity contribution is 7.99. The van der Waals surface area contributed by atoms with Gasteiger partial charge in [0.2, 0.25) is 5.91 Å². The first-order valence-corrected chi connectivity index (χ1v) is 9.25. The van der Waals surface area contributed by atoms with Crippen molar-refractivity contribution in [3.8, 4) is 0 Å². The van der Waals surface area contributed by atoms with Crippen molar-refractivity contribution in [2.45, 2.75) is 32.4 Å². The van der Waals surface area contributed by atoms with E-state index in [0.717, 1.165) is 25.1 Å². The van der Waals surface area contributed by atoms with E-state index in [0.29, 0.717) is 5.75 Å². The molecule has 1 amide bonds. The number of hydrogen-bond acceptors (Lipinski definition) is 2. The zero-order chi connectivity index (χ0) is 16.5. The minimum Gasteiger partial charge on any atom is -0.355 e. The number of benzene rings is 2. The lowest BCUT2D eigenvalue weighted by molar-refractivity contribution is -0.118. The monoisotopic (exact) mass is 327 g/mol. The zero-order valence-corrected chi connectivity index (χ0v) is 14.8. The molecule has 0 aliphatic carbocycles. The average molecular weight is 327 g/mol. The van der Waals surface area contributed by atoms with Gasteiger partial charge >= 0.3 is 0 Å². The third kappa shape index (κ3) is 6.49. The molecule has 0 radical (unpaired) electrons. The lowest BCUT2D eigenvalue weighted by Crippen LogP contribution is -2.26. The van der Waals surface area contributed by atoms with Crippen molar-refractivity contribution < 1.29 is 4.79 Å². The minimum atomic E-state index is 0.132. The Hall–Kier alpha value is -1.74. The van der Waals surface area contributed by atoms with Gasteiger partial charge in [0.15, 0.2) is 0 Å². The largest absolute Gasteiger partial charge is 0.355 e. The molecule has 2 aromatic rings. The zero-order valence-electron chi connectivity index (χ0n) is 14.0. The number of amides is 1. The average Bonchev–Trinajstić information content (AvgIpc) is 2.53. The molecule has 122 valence electrons. The molecular weight excluding hydrogens is 302 g/mol. The molecule has 23 heavy (non-hydrogen) atoms. The van der Waals surface area contributed by atoms with Crippen molar-refractivity contribution in [2.24, 2.45) is 0 Å². The van der Waals surface area contributed by atoms with Crippen molar-refractivity contribution in [3.63, 3.8) is 0 Å². The standard InChI is InChI=1S/C20H25NOS/c1-16-7-5-9-18(13-16)10-6-12-21-20(22)15-23-14-19-11-4-3-8-17(19)2/h3-5,7-9,11,13H,6,10,12,14-15H2,1-2H3,(H,21,22). The highest BCUT2D eigenvalue weighted by Crippen LogP contribution is 2.15. The number of carbonyl (C=O) groups is 1. The SMILES string of the molecule is Cc1cccc(CCCNC(=O)CSCc2ccccc2C)c1.